The number of para-hydroxylation sites is 1. The highest BCUT2D eigenvalue weighted by Gasteiger charge is 2.24. The molecule has 24 heavy (non-hydrogen) atoms. The molecule has 0 bridgehead atoms. The second-order valence-electron chi connectivity index (χ2n) is 4.78. The van der Waals surface area contributed by atoms with E-state index in [1.807, 2.05) is 24.3 Å². The average molecular weight is 404 g/mol. The minimum atomic E-state index is -0.462. The first kappa shape index (κ1) is 16.4. The van der Waals surface area contributed by atoms with Crippen LogP contribution in [-0.4, -0.2) is 16.0 Å². The number of amidine groups is 1. The van der Waals surface area contributed by atoms with Crippen molar-refractivity contribution in [1.82, 2.24) is 5.32 Å². The van der Waals surface area contributed by atoms with Gasteiger partial charge in [0.1, 0.15) is 0 Å². The molecule has 1 saturated heterocycles. The number of nitro groups is 1. The van der Waals surface area contributed by atoms with Crippen LogP contribution in [0.3, 0.4) is 0 Å². The van der Waals surface area contributed by atoms with Crippen molar-refractivity contribution in [3.05, 3.63) is 73.6 Å². The number of thioether (sulfide) groups is 1. The maximum Gasteiger partial charge on any atom is 0.269 e. The molecule has 1 N–H and O–H groups in total. The van der Waals surface area contributed by atoms with E-state index in [1.54, 1.807) is 18.2 Å². The zero-order valence-electron chi connectivity index (χ0n) is 12.1. The third-order valence-electron chi connectivity index (χ3n) is 3.13. The lowest BCUT2D eigenvalue weighted by atomic mass is 10.2. The Hall–Kier alpha value is -2.45. The van der Waals surface area contributed by atoms with Gasteiger partial charge < -0.3 is 5.32 Å². The Bertz CT molecular complexity index is 878. The van der Waals surface area contributed by atoms with Gasteiger partial charge in [-0.25, -0.2) is 4.99 Å². The number of hydrogen-bond donors (Lipinski definition) is 1. The van der Waals surface area contributed by atoms with Gasteiger partial charge in [0, 0.05) is 16.6 Å². The zero-order valence-corrected chi connectivity index (χ0v) is 14.5. The predicted molar refractivity (Wildman–Crippen MR) is 98.0 cm³/mol. The summed E-state index contributed by atoms with van der Waals surface area (Å²) in [6.07, 6.45) is 1.67. The second kappa shape index (κ2) is 6.98. The van der Waals surface area contributed by atoms with Crippen molar-refractivity contribution in [2.75, 3.05) is 0 Å². The first-order valence-corrected chi connectivity index (χ1v) is 8.42. The van der Waals surface area contributed by atoms with Crippen molar-refractivity contribution in [3.8, 4) is 0 Å². The number of benzene rings is 2. The monoisotopic (exact) mass is 403 g/mol. The van der Waals surface area contributed by atoms with E-state index in [9.17, 15) is 14.9 Å². The van der Waals surface area contributed by atoms with Crippen LogP contribution in [0.1, 0.15) is 5.56 Å². The van der Waals surface area contributed by atoms with Crippen LogP contribution < -0.4 is 5.32 Å². The van der Waals surface area contributed by atoms with Gasteiger partial charge in [-0.1, -0.05) is 12.1 Å². The van der Waals surface area contributed by atoms with Gasteiger partial charge >= 0.3 is 0 Å². The number of nitro benzene ring substituents is 1. The molecule has 0 atom stereocenters. The van der Waals surface area contributed by atoms with Gasteiger partial charge in [-0.05, 0) is 63.6 Å². The first-order valence-electron chi connectivity index (χ1n) is 6.81. The Balaban J connectivity index is 1.82. The van der Waals surface area contributed by atoms with Gasteiger partial charge in [-0.3, -0.25) is 14.9 Å². The molecule has 1 aliphatic rings. The topological polar surface area (TPSA) is 84.6 Å². The van der Waals surface area contributed by atoms with E-state index in [0.717, 1.165) is 10.2 Å². The SMILES string of the molecule is O=C1NC(=Nc2ccccc2Br)SC1=Cc1ccc([N+](=O)[O-])cc1. The molecule has 0 saturated carbocycles. The molecule has 1 heterocycles. The van der Waals surface area contributed by atoms with Crippen molar-refractivity contribution in [2.45, 2.75) is 0 Å². The van der Waals surface area contributed by atoms with Gasteiger partial charge in [0.05, 0.1) is 15.5 Å². The summed E-state index contributed by atoms with van der Waals surface area (Å²) in [6.45, 7) is 0. The third kappa shape index (κ3) is 3.72. The van der Waals surface area contributed by atoms with E-state index in [-0.39, 0.29) is 11.6 Å². The van der Waals surface area contributed by atoms with Crippen LogP contribution in [0.4, 0.5) is 11.4 Å². The second-order valence-corrected chi connectivity index (χ2v) is 6.67. The van der Waals surface area contributed by atoms with Crippen LogP contribution in [0.2, 0.25) is 0 Å². The highest BCUT2D eigenvalue weighted by molar-refractivity contribution is 9.10. The average Bonchev–Trinajstić information content (AvgIpc) is 2.90. The number of rotatable bonds is 3. The number of carbonyl (C=O) groups is 1. The molecule has 8 heteroatoms. The van der Waals surface area contributed by atoms with E-state index in [0.29, 0.717) is 15.6 Å². The molecule has 120 valence electrons. The molecule has 2 aromatic rings. The minimum Gasteiger partial charge on any atom is -0.300 e. The summed E-state index contributed by atoms with van der Waals surface area (Å²) < 4.78 is 0.833. The number of non-ortho nitro benzene ring substituents is 1. The summed E-state index contributed by atoms with van der Waals surface area (Å²) in [5, 5.41) is 13.8. The van der Waals surface area contributed by atoms with Crippen LogP contribution >= 0.6 is 27.7 Å². The number of hydrogen-bond acceptors (Lipinski definition) is 5. The standard InChI is InChI=1S/C16H10BrN3O3S/c17-12-3-1-2-4-13(12)18-16-19-15(21)14(24-16)9-10-5-7-11(8-6-10)20(22)23/h1-9H,(H,18,19,21). The Kier molecular flexibility index (Phi) is 4.77. The van der Waals surface area contributed by atoms with Gasteiger partial charge in [-0.2, -0.15) is 0 Å². The molecular formula is C16H10BrN3O3S. The third-order valence-corrected chi connectivity index (χ3v) is 4.71. The van der Waals surface area contributed by atoms with E-state index in [1.165, 1.54) is 23.9 Å². The molecule has 1 aliphatic heterocycles. The maximum absolute atomic E-state index is 12.0. The van der Waals surface area contributed by atoms with Crippen LogP contribution in [0.15, 0.2) is 62.9 Å². The Morgan fingerprint density at radius 2 is 1.88 bits per heavy atom. The largest absolute Gasteiger partial charge is 0.300 e. The molecule has 0 aromatic heterocycles. The molecule has 1 fully saturated rings. The van der Waals surface area contributed by atoms with Crippen molar-refractivity contribution in [1.29, 1.82) is 0 Å². The molecule has 3 rings (SSSR count). The summed E-state index contributed by atoms with van der Waals surface area (Å²) in [4.78, 5) is 27.1. The van der Waals surface area contributed by atoms with Crippen molar-refractivity contribution < 1.29 is 9.72 Å². The van der Waals surface area contributed by atoms with Crippen molar-refractivity contribution in [3.63, 3.8) is 0 Å². The van der Waals surface area contributed by atoms with E-state index < -0.39 is 4.92 Å². The molecule has 6 nitrogen and oxygen atoms in total. The summed E-state index contributed by atoms with van der Waals surface area (Å²) >= 11 is 4.63. The fourth-order valence-electron chi connectivity index (χ4n) is 1.98. The Labute approximate surface area is 150 Å². The van der Waals surface area contributed by atoms with Gasteiger partial charge in [0.25, 0.3) is 11.6 Å². The van der Waals surface area contributed by atoms with E-state index in [2.05, 4.69) is 26.2 Å². The van der Waals surface area contributed by atoms with Crippen molar-refractivity contribution in [2.24, 2.45) is 4.99 Å². The first-order chi connectivity index (χ1) is 11.5. The number of amides is 1. The van der Waals surface area contributed by atoms with Crippen LogP contribution in [0.5, 0.6) is 0 Å². The summed E-state index contributed by atoms with van der Waals surface area (Å²) in [5.41, 5.74) is 1.44. The molecule has 1 amide bonds. The van der Waals surface area contributed by atoms with Gasteiger partial charge in [0.15, 0.2) is 5.17 Å². The van der Waals surface area contributed by atoms with Crippen LogP contribution in [0, 0.1) is 10.1 Å². The molecule has 0 spiro atoms. The van der Waals surface area contributed by atoms with Crippen molar-refractivity contribution >= 4 is 56.2 Å². The summed E-state index contributed by atoms with van der Waals surface area (Å²) in [5.74, 6) is -0.246. The highest BCUT2D eigenvalue weighted by atomic mass is 79.9. The predicted octanol–water partition coefficient (Wildman–Crippen LogP) is 4.25. The maximum atomic E-state index is 12.0. The fourth-order valence-corrected chi connectivity index (χ4v) is 3.18. The van der Waals surface area contributed by atoms with Gasteiger partial charge in [0.2, 0.25) is 0 Å². The quantitative estimate of drug-likeness (QED) is 0.471. The summed E-state index contributed by atoms with van der Waals surface area (Å²) in [7, 11) is 0. The zero-order chi connectivity index (χ0) is 17.1. The fraction of sp³-hybridized carbons (Fsp3) is 0. The number of nitrogens with one attached hydrogen (secondary N) is 1. The molecule has 0 radical (unpaired) electrons. The molecule has 0 aliphatic carbocycles. The Morgan fingerprint density at radius 3 is 2.54 bits per heavy atom. The normalized spacial score (nSPS) is 17.3. The number of nitrogens with zero attached hydrogens (tertiary/aromatic N) is 2. The van der Waals surface area contributed by atoms with Crippen LogP contribution in [0.25, 0.3) is 6.08 Å². The molecule has 0 unspecified atom stereocenters. The van der Waals surface area contributed by atoms with Gasteiger partial charge in [-0.15, -0.1) is 0 Å². The molecular weight excluding hydrogens is 394 g/mol. The highest BCUT2D eigenvalue weighted by Crippen LogP contribution is 2.31. The van der Waals surface area contributed by atoms with E-state index in [4.69, 9.17) is 0 Å². The number of carbonyl (C=O) groups excluding carboxylic acids is 1. The Morgan fingerprint density at radius 1 is 1.17 bits per heavy atom. The number of halogens is 1. The summed E-state index contributed by atoms with van der Waals surface area (Å²) in [6, 6.07) is 13.5. The lowest BCUT2D eigenvalue weighted by Crippen LogP contribution is -2.19. The smallest absolute Gasteiger partial charge is 0.269 e. The number of aliphatic imine (C=N–C) groups is 1. The minimum absolute atomic E-state index is 0.0110. The van der Waals surface area contributed by atoms with E-state index >= 15 is 0 Å². The lowest BCUT2D eigenvalue weighted by molar-refractivity contribution is -0.384. The van der Waals surface area contributed by atoms with Crippen LogP contribution in [-0.2, 0) is 4.79 Å². The lowest BCUT2D eigenvalue weighted by Gasteiger charge is -1.98. The molecule has 2 aromatic carbocycles.